The lowest BCUT2D eigenvalue weighted by Gasteiger charge is -2.22. The van der Waals surface area contributed by atoms with Crippen molar-refractivity contribution in [3.8, 4) is 0 Å². The summed E-state index contributed by atoms with van der Waals surface area (Å²) >= 11 is 0. The lowest BCUT2D eigenvalue weighted by molar-refractivity contribution is -0.153. The van der Waals surface area contributed by atoms with Gasteiger partial charge in [0.25, 0.3) is 0 Å². The van der Waals surface area contributed by atoms with E-state index in [1.807, 2.05) is 81.4 Å². The number of esters is 3. The van der Waals surface area contributed by atoms with Crippen LogP contribution < -0.4 is 0 Å². The third-order valence-corrected chi connectivity index (χ3v) is 6.00. The number of hydrogen-bond donors (Lipinski definition) is 2. The third kappa shape index (κ3) is 23.7. The highest BCUT2D eigenvalue weighted by Gasteiger charge is 2.29. The fourth-order valence-corrected chi connectivity index (χ4v) is 3.72. The van der Waals surface area contributed by atoms with Gasteiger partial charge < -0.3 is 24.4 Å². The molecule has 2 N–H and O–H groups in total. The lowest BCUT2D eigenvalue weighted by atomic mass is 9.89. The molecule has 256 valence electrons. The van der Waals surface area contributed by atoms with Gasteiger partial charge in [-0.05, 0) is 73.1 Å². The van der Waals surface area contributed by atoms with Gasteiger partial charge in [0, 0.05) is 0 Å². The maximum Gasteiger partial charge on any atom is 0.313 e. The minimum absolute atomic E-state index is 0.0645. The Morgan fingerprint density at radius 1 is 0.727 bits per heavy atom. The smallest absolute Gasteiger partial charge is 0.313 e. The molecule has 0 aliphatic heterocycles. The number of carbonyl (C=O) groups is 3. The molecule has 0 aliphatic carbocycles. The molecule has 44 heavy (non-hydrogen) atoms. The number of allylic oxidation sites excluding steroid dienone is 3. The zero-order chi connectivity index (χ0) is 35.2. The van der Waals surface area contributed by atoms with Gasteiger partial charge in [-0.2, -0.15) is 0 Å². The Morgan fingerprint density at radius 2 is 1.11 bits per heavy atom. The molecule has 0 aromatic heterocycles. The maximum absolute atomic E-state index is 11.6. The van der Waals surface area contributed by atoms with Crippen molar-refractivity contribution in [1.82, 2.24) is 0 Å². The molecule has 0 heterocycles. The first kappa shape index (κ1) is 45.7. The van der Waals surface area contributed by atoms with Crippen molar-refractivity contribution in [2.45, 2.75) is 109 Å². The summed E-state index contributed by atoms with van der Waals surface area (Å²) in [6.45, 7) is 31.1. The Labute approximate surface area is 268 Å². The standard InChI is InChI=1S/2C12H22O3.C12H20O2/c1-6-15-11(13)10(9(2)3)7-8-12(4,5)14;1-6-15-12(14)11(9(4)5)10(13)7-8(2)3;1-6-14-12(13)11(10(4)5)8-7-9(2)3/h7-10,14H,6H2,1-5H3;7,9-11,13H,6H2,1-5H3;7-8,10-11H,2,6H2,1,3-5H3/b8-7+;;8-7+. The number of hydrogen-bond acceptors (Lipinski definition) is 8. The molecule has 0 aliphatic rings. The van der Waals surface area contributed by atoms with Crippen LogP contribution in [-0.4, -0.2) is 59.6 Å². The van der Waals surface area contributed by atoms with E-state index in [2.05, 4.69) is 6.58 Å². The molecule has 0 bridgehead atoms. The summed E-state index contributed by atoms with van der Waals surface area (Å²) < 4.78 is 14.9. The van der Waals surface area contributed by atoms with E-state index in [1.165, 1.54) is 0 Å². The Hall–Kier alpha value is -2.71. The molecule has 0 saturated heterocycles. The molecule has 0 aromatic carbocycles. The van der Waals surface area contributed by atoms with Crippen LogP contribution in [0.5, 0.6) is 0 Å². The molecule has 8 heteroatoms. The monoisotopic (exact) mass is 624 g/mol. The van der Waals surface area contributed by atoms with Crippen LogP contribution in [0, 0.1) is 35.5 Å². The second-order valence-electron chi connectivity index (χ2n) is 12.5. The molecule has 0 amide bonds. The summed E-state index contributed by atoms with van der Waals surface area (Å²) in [5, 5.41) is 19.4. The number of aliphatic hydroxyl groups is 2. The van der Waals surface area contributed by atoms with Crippen LogP contribution in [-0.2, 0) is 28.6 Å². The van der Waals surface area contributed by atoms with Crippen molar-refractivity contribution < 1.29 is 38.8 Å². The maximum atomic E-state index is 11.6. The van der Waals surface area contributed by atoms with Crippen LogP contribution in [0.15, 0.2) is 48.1 Å². The number of ether oxygens (including phenoxy) is 3. The van der Waals surface area contributed by atoms with E-state index in [4.69, 9.17) is 14.2 Å². The zero-order valence-corrected chi connectivity index (χ0v) is 30.1. The van der Waals surface area contributed by atoms with Gasteiger partial charge in [0.15, 0.2) is 0 Å². The predicted octanol–water partition coefficient (Wildman–Crippen LogP) is 7.25. The topological polar surface area (TPSA) is 119 Å². The van der Waals surface area contributed by atoms with Gasteiger partial charge in [0.05, 0.1) is 49.3 Å². The molecule has 0 saturated carbocycles. The molecule has 0 rings (SSSR count). The summed E-state index contributed by atoms with van der Waals surface area (Å²) in [7, 11) is 0. The first-order valence-corrected chi connectivity index (χ1v) is 15.7. The van der Waals surface area contributed by atoms with E-state index in [-0.39, 0.29) is 47.5 Å². The second-order valence-corrected chi connectivity index (χ2v) is 12.5. The number of carbonyl (C=O) groups excluding carboxylic acids is 3. The lowest BCUT2D eigenvalue weighted by Crippen LogP contribution is -2.33. The Kier molecular flexibility index (Phi) is 25.6. The van der Waals surface area contributed by atoms with Gasteiger partial charge in [0.1, 0.15) is 0 Å². The molecule has 0 fully saturated rings. The predicted molar refractivity (Wildman–Crippen MR) is 180 cm³/mol. The van der Waals surface area contributed by atoms with Gasteiger partial charge >= 0.3 is 17.9 Å². The van der Waals surface area contributed by atoms with Gasteiger partial charge in [0.2, 0.25) is 0 Å². The molecule has 0 aromatic rings. The highest BCUT2D eigenvalue weighted by molar-refractivity contribution is 5.75. The molecular formula is C36H64O8. The number of aliphatic hydroxyl groups excluding tert-OH is 1. The van der Waals surface area contributed by atoms with E-state index in [0.717, 1.165) is 11.1 Å². The van der Waals surface area contributed by atoms with Crippen molar-refractivity contribution in [1.29, 1.82) is 0 Å². The van der Waals surface area contributed by atoms with Crippen LogP contribution in [0.4, 0.5) is 0 Å². The molecule has 4 unspecified atom stereocenters. The summed E-state index contributed by atoms with van der Waals surface area (Å²) in [5.41, 5.74) is 1.05. The van der Waals surface area contributed by atoms with Gasteiger partial charge in [-0.1, -0.05) is 89.6 Å². The van der Waals surface area contributed by atoms with E-state index in [9.17, 15) is 24.6 Å². The SMILES string of the molecule is C=C(C)/C=C/C(C(=O)OCC)C(C)C.CCOC(=O)C(/C=C/C(C)(C)O)C(C)C.CCOC(=O)C(C(C)C)C(O)C=C(C)C. The minimum atomic E-state index is -0.889. The average molecular weight is 625 g/mol. The van der Waals surface area contributed by atoms with Gasteiger partial charge in [-0.3, -0.25) is 14.4 Å². The van der Waals surface area contributed by atoms with Crippen LogP contribution in [0.25, 0.3) is 0 Å². The number of rotatable bonds is 15. The first-order valence-electron chi connectivity index (χ1n) is 15.7. The van der Waals surface area contributed by atoms with Crippen molar-refractivity contribution in [2.24, 2.45) is 35.5 Å². The highest BCUT2D eigenvalue weighted by atomic mass is 16.5. The first-order chi connectivity index (χ1) is 20.2. The Bertz CT molecular complexity index is 915. The minimum Gasteiger partial charge on any atom is -0.466 e. The Balaban J connectivity index is -0.000000574. The third-order valence-electron chi connectivity index (χ3n) is 6.00. The van der Waals surface area contributed by atoms with Crippen LogP contribution in [0.3, 0.4) is 0 Å². The van der Waals surface area contributed by atoms with Crippen LogP contribution in [0.2, 0.25) is 0 Å². The zero-order valence-electron chi connectivity index (χ0n) is 30.1. The summed E-state index contributed by atoms with van der Waals surface area (Å²) in [6.07, 6.45) is 8.03. The molecular weight excluding hydrogens is 560 g/mol. The quantitative estimate of drug-likeness (QED) is 0.0846. The van der Waals surface area contributed by atoms with Crippen molar-refractivity contribution in [2.75, 3.05) is 19.8 Å². The van der Waals surface area contributed by atoms with Crippen LogP contribution in [0.1, 0.15) is 96.9 Å². The summed E-state index contributed by atoms with van der Waals surface area (Å²) in [6, 6.07) is 0. The van der Waals surface area contributed by atoms with Crippen molar-refractivity contribution >= 4 is 17.9 Å². The van der Waals surface area contributed by atoms with E-state index < -0.39 is 17.6 Å². The summed E-state index contributed by atoms with van der Waals surface area (Å²) in [5.74, 6) is -1.13. The molecule has 0 radical (unpaired) electrons. The molecule has 4 atom stereocenters. The van der Waals surface area contributed by atoms with E-state index in [0.29, 0.717) is 19.8 Å². The molecule has 0 spiro atoms. The fraction of sp³-hybridized carbons (Fsp3) is 0.694. The van der Waals surface area contributed by atoms with Gasteiger partial charge in [-0.25, -0.2) is 0 Å². The van der Waals surface area contributed by atoms with E-state index >= 15 is 0 Å². The Morgan fingerprint density at radius 3 is 1.41 bits per heavy atom. The van der Waals surface area contributed by atoms with E-state index in [1.54, 1.807) is 45.9 Å². The molecule has 8 nitrogen and oxygen atoms in total. The van der Waals surface area contributed by atoms with Crippen molar-refractivity contribution in [3.63, 3.8) is 0 Å². The summed E-state index contributed by atoms with van der Waals surface area (Å²) in [4.78, 5) is 34.6. The highest BCUT2D eigenvalue weighted by Crippen LogP contribution is 2.20. The average Bonchev–Trinajstić information content (AvgIpc) is 2.83. The van der Waals surface area contributed by atoms with Crippen molar-refractivity contribution in [3.05, 3.63) is 48.1 Å². The van der Waals surface area contributed by atoms with Crippen LogP contribution >= 0.6 is 0 Å². The normalized spacial score (nSPS) is 14.2. The second kappa shape index (κ2) is 24.6. The fourth-order valence-electron chi connectivity index (χ4n) is 3.72. The van der Waals surface area contributed by atoms with Gasteiger partial charge in [-0.15, -0.1) is 0 Å². The largest absolute Gasteiger partial charge is 0.466 e.